The van der Waals surface area contributed by atoms with E-state index in [1.165, 1.54) is 7.11 Å². The summed E-state index contributed by atoms with van der Waals surface area (Å²) in [6, 6.07) is 9.54. The highest BCUT2D eigenvalue weighted by molar-refractivity contribution is 6.31. The van der Waals surface area contributed by atoms with E-state index >= 15 is 0 Å². The molecule has 0 atom stereocenters. The second-order valence-corrected chi connectivity index (χ2v) is 6.72. The van der Waals surface area contributed by atoms with Gasteiger partial charge in [0, 0.05) is 10.6 Å². The zero-order valence-electron chi connectivity index (χ0n) is 14.6. The van der Waals surface area contributed by atoms with Crippen molar-refractivity contribution in [2.75, 3.05) is 7.11 Å². The number of aryl methyl sites for hydroxylation is 2. The molecule has 0 heterocycles. The third-order valence-corrected chi connectivity index (χ3v) is 4.78. The van der Waals surface area contributed by atoms with E-state index in [2.05, 4.69) is 10.8 Å². The molecule has 3 rings (SSSR count). The van der Waals surface area contributed by atoms with Crippen molar-refractivity contribution in [2.24, 2.45) is 0 Å². The van der Waals surface area contributed by atoms with Crippen LogP contribution in [0.15, 0.2) is 30.3 Å². The molecule has 5 heteroatoms. The van der Waals surface area contributed by atoms with E-state index in [9.17, 15) is 4.79 Å². The van der Waals surface area contributed by atoms with Crippen LogP contribution in [0.4, 0.5) is 4.79 Å². The topological polar surface area (TPSA) is 44.8 Å². The van der Waals surface area contributed by atoms with Gasteiger partial charge in [0.25, 0.3) is 0 Å². The normalized spacial score (nSPS) is 13.4. The van der Waals surface area contributed by atoms with E-state index in [-0.39, 0.29) is 0 Å². The minimum Gasteiger partial charge on any atom is -0.488 e. The Labute approximate surface area is 152 Å². The minimum atomic E-state index is -0.733. The van der Waals surface area contributed by atoms with Crippen molar-refractivity contribution in [1.82, 2.24) is 0 Å². The van der Waals surface area contributed by atoms with Crippen molar-refractivity contribution < 1.29 is 19.0 Å². The maximum atomic E-state index is 11.5. The fraction of sp³-hybridized carbons (Fsp3) is 0.350. The van der Waals surface area contributed by atoms with Gasteiger partial charge in [-0.1, -0.05) is 29.8 Å². The molecule has 1 fully saturated rings. The lowest BCUT2D eigenvalue weighted by molar-refractivity contribution is 0.120. The predicted octanol–water partition coefficient (Wildman–Crippen LogP) is 5.56. The Hall–Kier alpha value is -2.20. The van der Waals surface area contributed by atoms with Crippen LogP contribution in [0.2, 0.25) is 5.02 Å². The number of methoxy groups -OCH3 is 1. The Balaban J connectivity index is 1.88. The molecule has 0 aliphatic heterocycles. The van der Waals surface area contributed by atoms with Crippen LogP contribution in [0.3, 0.4) is 0 Å². The van der Waals surface area contributed by atoms with Gasteiger partial charge >= 0.3 is 6.16 Å². The molecular formula is C20H21ClO4. The predicted molar refractivity (Wildman–Crippen MR) is 96.7 cm³/mol. The molecule has 0 saturated heterocycles. The summed E-state index contributed by atoms with van der Waals surface area (Å²) in [7, 11) is 1.29. The Morgan fingerprint density at radius 3 is 2.60 bits per heavy atom. The molecule has 0 radical (unpaired) electrons. The molecule has 1 aliphatic carbocycles. The lowest BCUT2D eigenvalue weighted by Gasteiger charge is -2.16. The molecule has 2 aromatic rings. The number of benzene rings is 2. The molecule has 132 valence electrons. The van der Waals surface area contributed by atoms with Crippen LogP contribution in [0.5, 0.6) is 11.5 Å². The van der Waals surface area contributed by atoms with Crippen LogP contribution in [0, 0.1) is 13.8 Å². The van der Waals surface area contributed by atoms with Crippen molar-refractivity contribution in [1.29, 1.82) is 0 Å². The van der Waals surface area contributed by atoms with Gasteiger partial charge in [-0.3, -0.25) is 0 Å². The zero-order chi connectivity index (χ0) is 18.0. The number of rotatable bonds is 5. The highest BCUT2D eigenvalue weighted by atomic mass is 35.5. The number of hydrogen-bond donors (Lipinski definition) is 0. The average molecular weight is 361 g/mol. The van der Waals surface area contributed by atoms with Gasteiger partial charge in [0.1, 0.15) is 18.1 Å². The third kappa shape index (κ3) is 4.07. The summed E-state index contributed by atoms with van der Waals surface area (Å²) in [6.45, 7) is 4.25. The van der Waals surface area contributed by atoms with Gasteiger partial charge in [0.15, 0.2) is 0 Å². The Kier molecular flexibility index (Phi) is 5.19. The molecule has 1 aliphatic rings. The molecule has 1 saturated carbocycles. The quantitative estimate of drug-likeness (QED) is 0.517. The standard InChI is InChI=1S/C20H21ClO4/c1-12-9-13(2)19(10-17(12)21)24-11-16-15(14-7-8-14)5-4-6-18(16)25-20(22)23-3/h4-6,9-10,14H,7-8,11H2,1-3H3. The fourth-order valence-corrected chi connectivity index (χ4v) is 3.01. The van der Waals surface area contributed by atoms with Crippen molar-refractivity contribution in [3.8, 4) is 11.5 Å². The van der Waals surface area contributed by atoms with Gasteiger partial charge in [-0.05, 0) is 61.4 Å². The van der Waals surface area contributed by atoms with E-state index in [1.54, 1.807) is 6.07 Å². The summed E-state index contributed by atoms with van der Waals surface area (Å²) in [5.74, 6) is 1.71. The van der Waals surface area contributed by atoms with Crippen LogP contribution in [0.25, 0.3) is 0 Å². The minimum absolute atomic E-state index is 0.305. The molecule has 2 aromatic carbocycles. The number of hydrogen-bond acceptors (Lipinski definition) is 4. The molecule has 25 heavy (non-hydrogen) atoms. The molecule has 0 bridgehead atoms. The van der Waals surface area contributed by atoms with E-state index in [4.69, 9.17) is 21.1 Å². The van der Waals surface area contributed by atoms with E-state index in [1.807, 2.05) is 32.0 Å². The number of carbonyl (C=O) groups excluding carboxylic acids is 1. The number of halogens is 1. The van der Waals surface area contributed by atoms with Gasteiger partial charge in [-0.25, -0.2) is 4.79 Å². The first-order valence-electron chi connectivity index (χ1n) is 8.26. The SMILES string of the molecule is COC(=O)Oc1cccc(C2CC2)c1COc1cc(Cl)c(C)cc1C. The summed E-state index contributed by atoms with van der Waals surface area (Å²) < 4.78 is 15.9. The molecular weight excluding hydrogens is 340 g/mol. The molecule has 0 amide bonds. The molecule has 0 aromatic heterocycles. The van der Waals surface area contributed by atoms with Gasteiger partial charge in [-0.15, -0.1) is 0 Å². The van der Waals surface area contributed by atoms with Crippen molar-refractivity contribution >= 4 is 17.8 Å². The second-order valence-electron chi connectivity index (χ2n) is 6.31. The summed E-state index contributed by atoms with van der Waals surface area (Å²) in [5, 5.41) is 0.669. The maximum Gasteiger partial charge on any atom is 0.513 e. The Bertz CT molecular complexity index is 797. The van der Waals surface area contributed by atoms with Crippen LogP contribution >= 0.6 is 11.6 Å². The van der Waals surface area contributed by atoms with E-state index < -0.39 is 6.16 Å². The molecule has 0 spiro atoms. The average Bonchev–Trinajstić information content (AvgIpc) is 3.42. The summed E-state index contributed by atoms with van der Waals surface area (Å²) in [6.07, 6.45) is 1.55. The Morgan fingerprint density at radius 1 is 1.16 bits per heavy atom. The van der Waals surface area contributed by atoms with Crippen LogP contribution < -0.4 is 9.47 Å². The lowest BCUT2D eigenvalue weighted by Crippen LogP contribution is -2.11. The smallest absolute Gasteiger partial charge is 0.488 e. The van der Waals surface area contributed by atoms with E-state index in [0.29, 0.717) is 23.3 Å². The maximum absolute atomic E-state index is 11.5. The zero-order valence-corrected chi connectivity index (χ0v) is 15.4. The summed E-state index contributed by atoms with van der Waals surface area (Å²) >= 11 is 6.21. The fourth-order valence-electron chi connectivity index (χ4n) is 2.85. The van der Waals surface area contributed by atoms with Crippen molar-refractivity contribution in [2.45, 2.75) is 39.2 Å². The lowest BCUT2D eigenvalue weighted by atomic mass is 10.0. The molecule has 0 unspecified atom stereocenters. The molecule has 4 nitrogen and oxygen atoms in total. The summed E-state index contributed by atoms with van der Waals surface area (Å²) in [5.41, 5.74) is 4.07. The largest absolute Gasteiger partial charge is 0.513 e. The van der Waals surface area contributed by atoms with Gasteiger partial charge in [-0.2, -0.15) is 0 Å². The summed E-state index contributed by atoms with van der Waals surface area (Å²) in [4.78, 5) is 11.5. The van der Waals surface area contributed by atoms with Crippen molar-refractivity contribution in [3.05, 3.63) is 57.6 Å². The Morgan fingerprint density at radius 2 is 1.92 bits per heavy atom. The first kappa shape index (κ1) is 17.6. The van der Waals surface area contributed by atoms with Crippen LogP contribution in [-0.2, 0) is 11.3 Å². The van der Waals surface area contributed by atoms with Crippen LogP contribution in [0.1, 0.15) is 41.0 Å². The number of ether oxygens (including phenoxy) is 3. The van der Waals surface area contributed by atoms with Gasteiger partial charge in [0.05, 0.1) is 7.11 Å². The molecule has 0 N–H and O–H groups in total. The first-order chi connectivity index (χ1) is 12.0. The second kappa shape index (κ2) is 7.36. The van der Waals surface area contributed by atoms with Crippen LogP contribution in [-0.4, -0.2) is 13.3 Å². The van der Waals surface area contributed by atoms with Gasteiger partial charge < -0.3 is 14.2 Å². The highest BCUT2D eigenvalue weighted by Crippen LogP contribution is 2.44. The number of carbonyl (C=O) groups is 1. The van der Waals surface area contributed by atoms with Gasteiger partial charge in [0.2, 0.25) is 0 Å². The van der Waals surface area contributed by atoms with E-state index in [0.717, 1.165) is 40.8 Å². The van der Waals surface area contributed by atoms with Crippen molar-refractivity contribution in [3.63, 3.8) is 0 Å². The first-order valence-corrected chi connectivity index (χ1v) is 8.64. The monoisotopic (exact) mass is 360 g/mol. The third-order valence-electron chi connectivity index (χ3n) is 4.37. The highest BCUT2D eigenvalue weighted by Gasteiger charge is 2.28.